The van der Waals surface area contributed by atoms with Crippen molar-refractivity contribution >= 4 is 40.1 Å². The molecule has 1 saturated heterocycles. The second kappa shape index (κ2) is 10.9. The van der Waals surface area contributed by atoms with Gasteiger partial charge in [-0.1, -0.05) is 23.2 Å². The summed E-state index contributed by atoms with van der Waals surface area (Å²) >= 11 is 12.4. The second-order valence-corrected chi connectivity index (χ2v) is 9.44. The zero-order valence-corrected chi connectivity index (χ0v) is 20.4. The highest BCUT2D eigenvalue weighted by Crippen LogP contribution is 2.32. The van der Waals surface area contributed by atoms with Gasteiger partial charge in [0.25, 0.3) is 0 Å². The number of fused-ring (bicyclic) bond motifs is 1. The van der Waals surface area contributed by atoms with Crippen molar-refractivity contribution in [3.05, 3.63) is 45.8 Å². The number of phenols is 1. The fourth-order valence-corrected chi connectivity index (χ4v) is 4.75. The monoisotopic (exact) mass is 491 g/mol. The Bertz CT molecular complexity index is 1060. The fourth-order valence-electron chi connectivity index (χ4n) is 4.21. The molecule has 3 heterocycles. The largest absolute Gasteiger partial charge is 0.508 e. The molecular weight excluding hydrogens is 461 g/mol. The van der Waals surface area contributed by atoms with E-state index in [9.17, 15) is 5.11 Å². The van der Waals surface area contributed by atoms with Gasteiger partial charge >= 0.3 is 0 Å². The van der Waals surface area contributed by atoms with Crippen molar-refractivity contribution in [1.82, 2.24) is 24.8 Å². The summed E-state index contributed by atoms with van der Waals surface area (Å²) in [5.74, 6) is 0.927. The number of halogens is 2. The zero-order valence-electron chi connectivity index (χ0n) is 18.9. The molecule has 33 heavy (non-hydrogen) atoms. The van der Waals surface area contributed by atoms with Crippen LogP contribution in [0.25, 0.3) is 11.2 Å². The van der Waals surface area contributed by atoms with Gasteiger partial charge in [0.1, 0.15) is 17.1 Å². The zero-order chi connectivity index (χ0) is 23.4. The lowest BCUT2D eigenvalue weighted by molar-refractivity contribution is 0.243. The number of pyridine rings is 1. The summed E-state index contributed by atoms with van der Waals surface area (Å²) in [5.41, 5.74) is 9.18. The quantitative estimate of drug-likeness (QED) is 0.394. The van der Waals surface area contributed by atoms with Gasteiger partial charge in [-0.15, -0.1) is 0 Å². The van der Waals surface area contributed by atoms with Crippen molar-refractivity contribution in [1.29, 1.82) is 0 Å². The Kier molecular flexibility index (Phi) is 7.93. The van der Waals surface area contributed by atoms with Crippen LogP contribution in [0.3, 0.4) is 0 Å². The summed E-state index contributed by atoms with van der Waals surface area (Å²) in [6.45, 7) is 6.50. The number of unbranched alkanes of at least 4 members (excludes halogenated alkanes) is 1. The number of hydrogen-bond donors (Lipinski definition) is 3. The molecule has 0 atom stereocenters. The van der Waals surface area contributed by atoms with Crippen molar-refractivity contribution in [2.24, 2.45) is 5.73 Å². The molecule has 1 aliphatic heterocycles. The Balaban J connectivity index is 1.57. The van der Waals surface area contributed by atoms with Crippen LogP contribution in [0.5, 0.6) is 5.75 Å². The van der Waals surface area contributed by atoms with Crippen LogP contribution in [0.2, 0.25) is 10.0 Å². The van der Waals surface area contributed by atoms with E-state index in [2.05, 4.69) is 37.8 Å². The van der Waals surface area contributed by atoms with Crippen molar-refractivity contribution in [2.45, 2.75) is 25.9 Å². The van der Waals surface area contributed by atoms with Gasteiger partial charge < -0.3 is 25.6 Å². The number of H-pyrrole nitrogens is 1. The molecule has 1 fully saturated rings. The molecule has 0 spiro atoms. The van der Waals surface area contributed by atoms with E-state index >= 15 is 0 Å². The van der Waals surface area contributed by atoms with Gasteiger partial charge in [-0.3, -0.25) is 4.90 Å². The van der Waals surface area contributed by atoms with Crippen LogP contribution in [0.15, 0.2) is 24.4 Å². The molecule has 1 aromatic carbocycles. The average Bonchev–Trinajstić information content (AvgIpc) is 3.19. The maximum absolute atomic E-state index is 10.4. The van der Waals surface area contributed by atoms with Gasteiger partial charge in [-0.05, 0) is 51.2 Å². The first-order valence-corrected chi connectivity index (χ1v) is 12.1. The molecule has 0 bridgehead atoms. The average molecular weight is 492 g/mol. The van der Waals surface area contributed by atoms with Gasteiger partial charge in [0, 0.05) is 49.5 Å². The third-order valence-corrected chi connectivity index (χ3v) is 6.64. The lowest BCUT2D eigenvalue weighted by Crippen LogP contribution is -2.44. The maximum Gasteiger partial charge on any atom is 0.179 e. The van der Waals surface area contributed by atoms with Crippen molar-refractivity contribution in [2.75, 3.05) is 51.2 Å². The lowest BCUT2D eigenvalue weighted by Gasteiger charge is -2.34. The summed E-state index contributed by atoms with van der Waals surface area (Å²) in [6, 6.07) is 5.23. The van der Waals surface area contributed by atoms with Crippen molar-refractivity contribution in [3.8, 4) is 5.75 Å². The minimum atomic E-state index is 0.0972. The topological polar surface area (TPSA) is 97.5 Å². The van der Waals surface area contributed by atoms with E-state index in [1.165, 1.54) is 6.07 Å². The molecule has 0 unspecified atom stereocenters. The third kappa shape index (κ3) is 5.88. The smallest absolute Gasteiger partial charge is 0.179 e. The van der Waals surface area contributed by atoms with Crippen LogP contribution < -0.4 is 10.6 Å². The number of nitrogens with two attached hydrogens (primary N) is 1. The predicted octanol–water partition coefficient (Wildman–Crippen LogP) is 3.46. The van der Waals surface area contributed by atoms with E-state index in [0.717, 1.165) is 68.2 Å². The maximum atomic E-state index is 10.4. The number of nitrogens with zero attached hydrogens (tertiary/aromatic N) is 5. The van der Waals surface area contributed by atoms with Crippen molar-refractivity contribution in [3.63, 3.8) is 0 Å². The number of aromatic hydroxyl groups is 1. The molecule has 3 aromatic rings. The highest BCUT2D eigenvalue weighted by molar-refractivity contribution is 6.35. The van der Waals surface area contributed by atoms with Gasteiger partial charge in [-0.2, -0.15) is 0 Å². The second-order valence-electron chi connectivity index (χ2n) is 8.59. The summed E-state index contributed by atoms with van der Waals surface area (Å²) in [5, 5.41) is 11.3. The van der Waals surface area contributed by atoms with Crippen molar-refractivity contribution < 1.29 is 5.11 Å². The number of likely N-dealkylation sites (N-methyl/N-ethyl adjacent to an activating group) is 1. The van der Waals surface area contributed by atoms with E-state index in [1.54, 1.807) is 6.07 Å². The molecule has 4 N–H and O–H groups in total. The first-order chi connectivity index (χ1) is 15.9. The fraction of sp³-hybridized carbons (Fsp3) is 0.478. The number of anilines is 1. The van der Waals surface area contributed by atoms with Gasteiger partial charge in [0.15, 0.2) is 5.65 Å². The molecule has 0 aliphatic carbocycles. The number of hydrogen-bond acceptors (Lipinski definition) is 7. The standard InChI is InChI=1S/C23H31Cl2N7O/c1-30-8-10-32(11-9-30)19-4-6-27-23-22(19)28-21(29-23)15-31(7-3-2-5-26)14-17-18(25)12-16(24)13-20(17)33/h4,6,12-13,33H,2-3,5,7-11,14-15,26H2,1H3,(H,27,28,29). The SMILES string of the molecule is CN1CCN(c2ccnc3nc(CN(CCCCN)Cc4c(O)cc(Cl)cc4Cl)[nH]c23)CC1. The van der Waals surface area contributed by atoms with E-state index < -0.39 is 0 Å². The molecule has 1 aliphatic rings. The summed E-state index contributed by atoms with van der Waals surface area (Å²) in [4.78, 5) is 19.7. The van der Waals surface area contributed by atoms with Crippen LogP contribution in [0.4, 0.5) is 5.69 Å². The molecule has 178 valence electrons. The highest BCUT2D eigenvalue weighted by Gasteiger charge is 2.20. The number of phenolic OH excluding ortho intramolecular Hbond substituents is 1. The number of benzene rings is 1. The number of aromatic amines is 1. The van der Waals surface area contributed by atoms with Crippen LogP contribution >= 0.6 is 23.2 Å². The Morgan fingerprint density at radius 2 is 1.94 bits per heavy atom. The lowest BCUT2D eigenvalue weighted by atomic mass is 10.1. The Morgan fingerprint density at radius 3 is 2.67 bits per heavy atom. The Morgan fingerprint density at radius 1 is 1.15 bits per heavy atom. The molecule has 8 nitrogen and oxygen atoms in total. The van der Waals surface area contributed by atoms with Crippen LogP contribution in [-0.4, -0.2) is 76.2 Å². The normalized spacial score (nSPS) is 15.1. The number of aromatic nitrogens is 3. The van der Waals surface area contributed by atoms with Gasteiger partial charge in [-0.25, -0.2) is 9.97 Å². The van der Waals surface area contributed by atoms with Gasteiger partial charge in [0.2, 0.25) is 0 Å². The minimum Gasteiger partial charge on any atom is -0.508 e. The van der Waals surface area contributed by atoms with E-state index in [4.69, 9.17) is 33.9 Å². The third-order valence-electron chi connectivity index (χ3n) is 6.08. The minimum absolute atomic E-state index is 0.0972. The van der Waals surface area contributed by atoms with Gasteiger partial charge in [0.05, 0.1) is 17.3 Å². The molecule has 0 saturated carbocycles. The molecule has 10 heteroatoms. The number of piperazine rings is 1. The first kappa shape index (κ1) is 24.0. The summed E-state index contributed by atoms with van der Waals surface area (Å²) in [7, 11) is 2.15. The molecule has 2 aromatic heterocycles. The number of rotatable bonds is 9. The number of imidazole rings is 1. The highest BCUT2D eigenvalue weighted by atomic mass is 35.5. The molecular formula is C23H31Cl2N7O. The van der Waals surface area contributed by atoms with Crippen LogP contribution in [0, 0.1) is 0 Å². The van der Waals surface area contributed by atoms with Crippen LogP contribution in [-0.2, 0) is 13.1 Å². The van der Waals surface area contributed by atoms with E-state index in [0.29, 0.717) is 35.2 Å². The summed E-state index contributed by atoms with van der Waals surface area (Å²) < 4.78 is 0. The Labute approximate surface area is 204 Å². The van der Waals surface area contributed by atoms with E-state index in [1.807, 2.05) is 6.20 Å². The molecule has 0 radical (unpaired) electrons. The summed E-state index contributed by atoms with van der Waals surface area (Å²) in [6.07, 6.45) is 3.69. The molecule has 4 rings (SSSR count). The molecule has 0 amide bonds. The van der Waals surface area contributed by atoms with Crippen LogP contribution in [0.1, 0.15) is 24.2 Å². The first-order valence-electron chi connectivity index (χ1n) is 11.3. The van der Waals surface area contributed by atoms with E-state index in [-0.39, 0.29) is 5.75 Å². The number of nitrogens with one attached hydrogen (secondary N) is 1. The Hall–Kier alpha value is -2.10. The predicted molar refractivity (Wildman–Crippen MR) is 134 cm³/mol.